The van der Waals surface area contributed by atoms with Crippen LogP contribution in [0.25, 0.3) is 10.9 Å². The molecule has 0 fully saturated rings. The lowest BCUT2D eigenvalue weighted by atomic mass is 10.1. The highest BCUT2D eigenvalue weighted by molar-refractivity contribution is 5.79. The lowest BCUT2D eigenvalue weighted by molar-refractivity contribution is 0.612. The van der Waals surface area contributed by atoms with E-state index in [-0.39, 0.29) is 5.82 Å². The Kier molecular flexibility index (Phi) is 2.91. The van der Waals surface area contributed by atoms with E-state index in [1.165, 1.54) is 6.07 Å². The summed E-state index contributed by atoms with van der Waals surface area (Å²) in [5.74, 6) is 0.387. The molecule has 19 heavy (non-hydrogen) atoms. The number of halogens is 1. The lowest BCUT2D eigenvalue weighted by Gasteiger charge is -2.06. The fourth-order valence-corrected chi connectivity index (χ4v) is 2.09. The molecular weight excluding hydrogens is 241 g/mol. The topological polar surface area (TPSA) is 38.7 Å². The Morgan fingerprint density at radius 1 is 1.11 bits per heavy atom. The van der Waals surface area contributed by atoms with Gasteiger partial charge in [-0.1, -0.05) is 18.2 Å². The Hall–Kier alpha value is -2.36. The molecule has 0 saturated carbocycles. The standard InChI is InChI=1S/C15H12FN3/c1-10-12-6-7-17-9-14(12)19-15(18-10)8-11-4-2-3-5-13(11)16/h2-7,9H,8H2,1H3. The Labute approximate surface area is 110 Å². The van der Waals surface area contributed by atoms with Gasteiger partial charge >= 0.3 is 0 Å². The summed E-state index contributed by atoms with van der Waals surface area (Å²) in [6.07, 6.45) is 3.81. The molecule has 0 atom stereocenters. The van der Waals surface area contributed by atoms with Crippen LogP contribution in [0.1, 0.15) is 17.1 Å². The van der Waals surface area contributed by atoms with Crippen molar-refractivity contribution < 1.29 is 4.39 Å². The van der Waals surface area contributed by atoms with Gasteiger partial charge in [-0.05, 0) is 24.6 Å². The number of pyridine rings is 1. The number of aromatic nitrogens is 3. The molecule has 0 radical (unpaired) electrons. The maximum Gasteiger partial charge on any atom is 0.133 e. The fourth-order valence-electron chi connectivity index (χ4n) is 2.09. The van der Waals surface area contributed by atoms with E-state index in [4.69, 9.17) is 0 Å². The summed E-state index contributed by atoms with van der Waals surface area (Å²) in [5, 5.41) is 0.979. The van der Waals surface area contributed by atoms with Crippen LogP contribution in [0.3, 0.4) is 0 Å². The summed E-state index contributed by atoms with van der Waals surface area (Å²) < 4.78 is 13.6. The predicted octanol–water partition coefficient (Wildman–Crippen LogP) is 3.06. The lowest BCUT2D eigenvalue weighted by Crippen LogP contribution is -2.01. The van der Waals surface area contributed by atoms with Crippen molar-refractivity contribution >= 4 is 10.9 Å². The SMILES string of the molecule is Cc1nc(Cc2ccccc2F)nc2cnccc12. The second-order valence-corrected chi connectivity index (χ2v) is 4.39. The van der Waals surface area contributed by atoms with Gasteiger partial charge < -0.3 is 0 Å². The molecule has 0 amide bonds. The molecule has 0 bridgehead atoms. The number of fused-ring (bicyclic) bond motifs is 1. The van der Waals surface area contributed by atoms with Gasteiger partial charge in [0.15, 0.2) is 0 Å². The van der Waals surface area contributed by atoms with Gasteiger partial charge in [-0.15, -0.1) is 0 Å². The smallest absolute Gasteiger partial charge is 0.133 e. The number of rotatable bonds is 2. The molecular formula is C15H12FN3. The highest BCUT2D eigenvalue weighted by atomic mass is 19.1. The predicted molar refractivity (Wildman–Crippen MR) is 71.3 cm³/mol. The number of benzene rings is 1. The van der Waals surface area contributed by atoms with Crippen LogP contribution in [-0.4, -0.2) is 15.0 Å². The van der Waals surface area contributed by atoms with Crippen molar-refractivity contribution in [3.63, 3.8) is 0 Å². The summed E-state index contributed by atoms with van der Waals surface area (Å²) in [6, 6.07) is 8.58. The molecule has 0 aliphatic rings. The summed E-state index contributed by atoms with van der Waals surface area (Å²) >= 11 is 0. The molecule has 0 unspecified atom stereocenters. The van der Waals surface area contributed by atoms with Crippen LogP contribution in [0, 0.1) is 12.7 Å². The molecule has 0 aliphatic heterocycles. The number of hydrogen-bond donors (Lipinski definition) is 0. The minimum Gasteiger partial charge on any atom is -0.262 e. The molecule has 94 valence electrons. The normalized spacial score (nSPS) is 10.8. The first-order valence-electron chi connectivity index (χ1n) is 6.04. The third kappa shape index (κ3) is 2.29. The van der Waals surface area contributed by atoms with E-state index in [9.17, 15) is 4.39 Å². The van der Waals surface area contributed by atoms with E-state index < -0.39 is 0 Å². The van der Waals surface area contributed by atoms with Gasteiger partial charge in [0.05, 0.1) is 11.7 Å². The van der Waals surface area contributed by atoms with Gasteiger partial charge in [0.25, 0.3) is 0 Å². The first-order valence-corrected chi connectivity index (χ1v) is 6.04. The summed E-state index contributed by atoms with van der Waals surface area (Å²) in [7, 11) is 0. The average Bonchev–Trinajstić information content (AvgIpc) is 2.42. The first kappa shape index (κ1) is 11.7. The molecule has 3 rings (SSSR count). The molecule has 3 nitrogen and oxygen atoms in total. The molecule has 0 N–H and O–H groups in total. The monoisotopic (exact) mass is 253 g/mol. The quantitative estimate of drug-likeness (QED) is 0.704. The van der Waals surface area contributed by atoms with Gasteiger partial charge in [-0.3, -0.25) is 4.98 Å². The molecule has 0 spiro atoms. The Bertz CT molecular complexity index is 740. The first-order chi connectivity index (χ1) is 9.24. The van der Waals surface area contributed by atoms with E-state index >= 15 is 0 Å². The van der Waals surface area contributed by atoms with Gasteiger partial charge in [-0.2, -0.15) is 0 Å². The molecule has 0 saturated heterocycles. The number of hydrogen-bond acceptors (Lipinski definition) is 3. The Morgan fingerprint density at radius 3 is 2.79 bits per heavy atom. The van der Waals surface area contributed by atoms with Crippen LogP contribution in [0.5, 0.6) is 0 Å². The Balaban J connectivity index is 2.04. The minimum atomic E-state index is -0.227. The van der Waals surface area contributed by atoms with Gasteiger partial charge in [0.2, 0.25) is 0 Å². The van der Waals surface area contributed by atoms with Crippen LogP contribution < -0.4 is 0 Å². The zero-order chi connectivity index (χ0) is 13.2. The van der Waals surface area contributed by atoms with E-state index in [1.54, 1.807) is 24.5 Å². The molecule has 1 aromatic carbocycles. The van der Waals surface area contributed by atoms with Crippen LogP contribution in [0.2, 0.25) is 0 Å². The van der Waals surface area contributed by atoms with E-state index in [1.807, 2.05) is 19.1 Å². The largest absolute Gasteiger partial charge is 0.262 e. The van der Waals surface area contributed by atoms with Crippen molar-refractivity contribution in [1.29, 1.82) is 0 Å². The third-order valence-electron chi connectivity index (χ3n) is 3.04. The van der Waals surface area contributed by atoms with E-state index in [2.05, 4.69) is 15.0 Å². The molecule has 2 heterocycles. The second-order valence-electron chi connectivity index (χ2n) is 4.39. The highest BCUT2D eigenvalue weighted by Crippen LogP contribution is 2.16. The fraction of sp³-hybridized carbons (Fsp3) is 0.133. The van der Waals surface area contributed by atoms with Crippen molar-refractivity contribution in [1.82, 2.24) is 15.0 Å². The van der Waals surface area contributed by atoms with Crippen LogP contribution in [0.4, 0.5) is 4.39 Å². The van der Waals surface area contributed by atoms with Gasteiger partial charge in [0.1, 0.15) is 11.6 Å². The molecule has 3 aromatic rings. The van der Waals surface area contributed by atoms with Crippen molar-refractivity contribution in [2.24, 2.45) is 0 Å². The number of aryl methyl sites for hydroxylation is 1. The number of nitrogens with zero attached hydrogens (tertiary/aromatic N) is 3. The summed E-state index contributed by atoms with van der Waals surface area (Å²) in [6.45, 7) is 1.93. The maximum absolute atomic E-state index is 13.6. The second kappa shape index (κ2) is 4.72. The van der Waals surface area contributed by atoms with Crippen LogP contribution >= 0.6 is 0 Å². The summed E-state index contributed by atoms with van der Waals surface area (Å²) in [5.41, 5.74) is 2.28. The third-order valence-corrected chi connectivity index (χ3v) is 3.04. The van der Waals surface area contributed by atoms with Crippen molar-refractivity contribution in [2.75, 3.05) is 0 Å². The van der Waals surface area contributed by atoms with Crippen LogP contribution in [-0.2, 0) is 6.42 Å². The minimum absolute atomic E-state index is 0.227. The molecule has 4 heteroatoms. The zero-order valence-corrected chi connectivity index (χ0v) is 10.5. The van der Waals surface area contributed by atoms with Crippen molar-refractivity contribution in [2.45, 2.75) is 13.3 Å². The van der Waals surface area contributed by atoms with E-state index in [0.717, 1.165) is 16.6 Å². The van der Waals surface area contributed by atoms with E-state index in [0.29, 0.717) is 17.8 Å². The average molecular weight is 253 g/mol. The molecule has 2 aromatic heterocycles. The maximum atomic E-state index is 13.6. The zero-order valence-electron chi connectivity index (χ0n) is 10.5. The Morgan fingerprint density at radius 2 is 1.95 bits per heavy atom. The van der Waals surface area contributed by atoms with Gasteiger partial charge in [0, 0.05) is 23.7 Å². The van der Waals surface area contributed by atoms with Crippen molar-refractivity contribution in [3.05, 3.63) is 65.6 Å². The molecule has 0 aliphatic carbocycles. The summed E-state index contributed by atoms with van der Waals surface area (Å²) in [4.78, 5) is 12.9. The van der Waals surface area contributed by atoms with Crippen LogP contribution in [0.15, 0.2) is 42.7 Å². The highest BCUT2D eigenvalue weighted by Gasteiger charge is 2.07. The van der Waals surface area contributed by atoms with Gasteiger partial charge in [-0.25, -0.2) is 14.4 Å². The van der Waals surface area contributed by atoms with Crippen molar-refractivity contribution in [3.8, 4) is 0 Å².